The van der Waals surface area contributed by atoms with Crippen LogP contribution in [-0.4, -0.2) is 27.9 Å². The van der Waals surface area contributed by atoms with Gasteiger partial charge in [0.1, 0.15) is 12.4 Å². The van der Waals surface area contributed by atoms with Crippen LogP contribution in [0.25, 0.3) is 11.0 Å². The smallest absolute Gasteiger partial charge is 0.251 e. The molecule has 0 saturated heterocycles. The van der Waals surface area contributed by atoms with Gasteiger partial charge < -0.3 is 15.2 Å². The Labute approximate surface area is 197 Å². The highest BCUT2D eigenvalue weighted by molar-refractivity contribution is 6.30. The molecule has 0 aliphatic rings. The third kappa shape index (κ3) is 5.59. The third-order valence-electron chi connectivity index (χ3n) is 5.40. The first-order chi connectivity index (χ1) is 16.0. The number of fused-ring (bicyclic) bond motifs is 1. The zero-order chi connectivity index (χ0) is 23.2. The first-order valence-electron chi connectivity index (χ1n) is 10.8. The molecule has 4 rings (SSSR count). The van der Waals surface area contributed by atoms with Crippen LogP contribution < -0.4 is 10.6 Å². The van der Waals surface area contributed by atoms with E-state index in [4.69, 9.17) is 16.6 Å². The van der Waals surface area contributed by atoms with Crippen LogP contribution in [0.1, 0.15) is 28.2 Å². The van der Waals surface area contributed by atoms with Crippen LogP contribution in [0.4, 0.5) is 5.69 Å². The third-order valence-corrected chi connectivity index (χ3v) is 5.63. The van der Waals surface area contributed by atoms with Crippen molar-refractivity contribution >= 4 is 40.1 Å². The van der Waals surface area contributed by atoms with Gasteiger partial charge in [-0.3, -0.25) is 9.59 Å². The maximum atomic E-state index is 12.7. The summed E-state index contributed by atoms with van der Waals surface area (Å²) in [6, 6.07) is 22.3. The molecule has 0 radical (unpaired) electrons. The highest BCUT2D eigenvalue weighted by Gasteiger charge is 2.14. The highest BCUT2D eigenvalue weighted by atomic mass is 35.5. The minimum absolute atomic E-state index is 0.0810. The van der Waals surface area contributed by atoms with Crippen molar-refractivity contribution in [3.05, 3.63) is 94.8 Å². The van der Waals surface area contributed by atoms with Crippen LogP contribution in [0.5, 0.6) is 0 Å². The van der Waals surface area contributed by atoms with Gasteiger partial charge >= 0.3 is 0 Å². The maximum absolute atomic E-state index is 12.7. The number of anilines is 1. The van der Waals surface area contributed by atoms with Crippen molar-refractivity contribution in [2.75, 3.05) is 11.9 Å². The quantitative estimate of drug-likeness (QED) is 0.363. The van der Waals surface area contributed by atoms with Crippen LogP contribution in [0.15, 0.2) is 72.8 Å². The summed E-state index contributed by atoms with van der Waals surface area (Å²) in [6.07, 6.45) is 1.34. The number of carbonyl (C=O) groups excluding carboxylic acids is 2. The number of amides is 2. The predicted molar refractivity (Wildman–Crippen MR) is 132 cm³/mol. The van der Waals surface area contributed by atoms with Crippen molar-refractivity contribution in [3.63, 3.8) is 0 Å². The first-order valence-corrected chi connectivity index (χ1v) is 11.2. The van der Waals surface area contributed by atoms with Crippen LogP contribution in [0.3, 0.4) is 0 Å². The van der Waals surface area contributed by atoms with Crippen LogP contribution in [-0.2, 0) is 17.8 Å². The molecule has 33 heavy (non-hydrogen) atoms. The molecule has 7 heteroatoms. The van der Waals surface area contributed by atoms with E-state index in [1.807, 2.05) is 60.0 Å². The van der Waals surface area contributed by atoms with E-state index in [9.17, 15) is 9.59 Å². The summed E-state index contributed by atoms with van der Waals surface area (Å²) in [5.74, 6) is 0.569. The van der Waals surface area contributed by atoms with E-state index in [2.05, 4.69) is 10.6 Å². The van der Waals surface area contributed by atoms with Crippen molar-refractivity contribution in [3.8, 4) is 0 Å². The molecule has 0 fully saturated rings. The van der Waals surface area contributed by atoms with Gasteiger partial charge in [-0.1, -0.05) is 48.0 Å². The Morgan fingerprint density at radius 1 is 1.00 bits per heavy atom. The topological polar surface area (TPSA) is 76.0 Å². The number of para-hydroxylation sites is 2. The summed E-state index contributed by atoms with van der Waals surface area (Å²) in [5.41, 5.74) is 4.02. The SMILES string of the molecule is Cc1ccccc1C(=O)NCCCc1nc2ccccc2n1CC(=O)Nc1cccc(Cl)c1. The zero-order valence-electron chi connectivity index (χ0n) is 18.3. The van der Waals surface area contributed by atoms with E-state index < -0.39 is 0 Å². The number of imidazole rings is 1. The number of halogens is 1. The number of benzene rings is 3. The number of aromatic nitrogens is 2. The minimum atomic E-state index is -0.158. The number of nitrogens with zero attached hydrogens (tertiary/aromatic N) is 2. The van der Waals surface area contributed by atoms with Gasteiger partial charge in [0.15, 0.2) is 0 Å². The van der Waals surface area contributed by atoms with Gasteiger partial charge in [-0.25, -0.2) is 4.98 Å². The lowest BCUT2D eigenvalue weighted by Gasteiger charge is -2.11. The van der Waals surface area contributed by atoms with E-state index in [1.165, 1.54) is 0 Å². The molecule has 0 saturated carbocycles. The molecular formula is C26H25ClN4O2. The summed E-state index contributed by atoms with van der Waals surface area (Å²) in [4.78, 5) is 29.9. The molecule has 2 N–H and O–H groups in total. The first kappa shape index (κ1) is 22.6. The van der Waals surface area contributed by atoms with Crippen LogP contribution >= 0.6 is 11.6 Å². The van der Waals surface area contributed by atoms with Crippen LogP contribution in [0.2, 0.25) is 5.02 Å². The normalized spacial score (nSPS) is 10.8. The average Bonchev–Trinajstić information content (AvgIpc) is 3.14. The number of aryl methyl sites for hydroxylation is 2. The van der Waals surface area contributed by atoms with E-state index in [1.54, 1.807) is 24.3 Å². The predicted octanol–water partition coefficient (Wildman–Crippen LogP) is 5.00. The molecule has 1 heterocycles. The van der Waals surface area contributed by atoms with Gasteiger partial charge in [-0.2, -0.15) is 0 Å². The Hall–Kier alpha value is -3.64. The van der Waals surface area contributed by atoms with E-state index in [-0.39, 0.29) is 18.4 Å². The van der Waals surface area contributed by atoms with Crippen molar-refractivity contribution in [1.82, 2.24) is 14.9 Å². The van der Waals surface area contributed by atoms with Crippen molar-refractivity contribution in [2.24, 2.45) is 0 Å². The molecule has 0 aliphatic heterocycles. The average molecular weight is 461 g/mol. The fraction of sp³-hybridized carbons (Fsp3) is 0.192. The maximum Gasteiger partial charge on any atom is 0.251 e. The molecule has 0 atom stereocenters. The molecule has 0 aliphatic carbocycles. The summed E-state index contributed by atoms with van der Waals surface area (Å²) in [5, 5.41) is 6.43. The monoisotopic (exact) mass is 460 g/mol. The molecule has 4 aromatic rings. The standard InChI is InChI=1S/C26H25ClN4O2/c1-18-8-2-3-11-21(18)26(33)28-15-7-14-24-30-22-12-4-5-13-23(22)31(24)17-25(32)29-20-10-6-9-19(27)16-20/h2-6,8-13,16H,7,14-15,17H2,1H3,(H,28,33)(H,29,32). The molecule has 6 nitrogen and oxygen atoms in total. The van der Waals surface area contributed by atoms with Crippen molar-refractivity contribution < 1.29 is 9.59 Å². The molecule has 0 unspecified atom stereocenters. The molecular weight excluding hydrogens is 436 g/mol. The lowest BCUT2D eigenvalue weighted by molar-refractivity contribution is -0.116. The fourth-order valence-electron chi connectivity index (χ4n) is 3.77. The van der Waals surface area contributed by atoms with E-state index in [0.29, 0.717) is 35.7 Å². The van der Waals surface area contributed by atoms with Gasteiger partial charge in [0.05, 0.1) is 11.0 Å². The molecule has 0 spiro atoms. The second kappa shape index (κ2) is 10.3. The van der Waals surface area contributed by atoms with Gasteiger partial charge in [-0.05, 0) is 55.3 Å². The summed E-state index contributed by atoms with van der Waals surface area (Å²) >= 11 is 6.02. The Morgan fingerprint density at radius 3 is 2.61 bits per heavy atom. The minimum Gasteiger partial charge on any atom is -0.352 e. The van der Waals surface area contributed by atoms with Crippen molar-refractivity contribution in [2.45, 2.75) is 26.3 Å². The van der Waals surface area contributed by atoms with Crippen LogP contribution in [0, 0.1) is 6.92 Å². The number of hydrogen-bond donors (Lipinski definition) is 2. The number of carbonyl (C=O) groups is 2. The molecule has 0 bridgehead atoms. The molecule has 2 amide bonds. The molecule has 168 valence electrons. The summed E-state index contributed by atoms with van der Waals surface area (Å²) in [6.45, 7) is 2.58. The zero-order valence-corrected chi connectivity index (χ0v) is 19.1. The lowest BCUT2D eigenvalue weighted by atomic mass is 10.1. The number of hydrogen-bond acceptors (Lipinski definition) is 3. The summed E-state index contributed by atoms with van der Waals surface area (Å²) in [7, 11) is 0. The molecule has 1 aromatic heterocycles. The fourth-order valence-corrected chi connectivity index (χ4v) is 3.96. The largest absolute Gasteiger partial charge is 0.352 e. The Balaban J connectivity index is 1.42. The Morgan fingerprint density at radius 2 is 1.79 bits per heavy atom. The number of rotatable bonds is 8. The van der Waals surface area contributed by atoms with Gasteiger partial charge in [0, 0.05) is 29.2 Å². The second-order valence-corrected chi connectivity index (χ2v) is 8.27. The highest BCUT2D eigenvalue weighted by Crippen LogP contribution is 2.19. The second-order valence-electron chi connectivity index (χ2n) is 7.84. The lowest BCUT2D eigenvalue weighted by Crippen LogP contribution is -2.26. The van der Waals surface area contributed by atoms with Gasteiger partial charge in [-0.15, -0.1) is 0 Å². The van der Waals surface area contributed by atoms with Gasteiger partial charge in [0.2, 0.25) is 5.91 Å². The van der Waals surface area contributed by atoms with Gasteiger partial charge in [0.25, 0.3) is 5.91 Å². The number of nitrogens with one attached hydrogen (secondary N) is 2. The van der Waals surface area contributed by atoms with Crippen molar-refractivity contribution in [1.29, 1.82) is 0 Å². The summed E-state index contributed by atoms with van der Waals surface area (Å²) < 4.78 is 1.93. The molecule has 3 aromatic carbocycles. The van der Waals surface area contributed by atoms with E-state index >= 15 is 0 Å². The van der Waals surface area contributed by atoms with E-state index in [0.717, 1.165) is 22.4 Å². The Bertz CT molecular complexity index is 1300. The Kier molecular flexibility index (Phi) is 7.05.